The summed E-state index contributed by atoms with van der Waals surface area (Å²) in [6, 6.07) is 15.5. The number of hydrogen-bond acceptors (Lipinski definition) is 5. The van der Waals surface area contributed by atoms with Gasteiger partial charge in [-0.1, -0.05) is 18.2 Å². The van der Waals surface area contributed by atoms with Gasteiger partial charge < -0.3 is 0 Å². The van der Waals surface area contributed by atoms with Crippen molar-refractivity contribution in [2.45, 2.75) is 0 Å². The fourth-order valence-corrected chi connectivity index (χ4v) is 3.26. The van der Waals surface area contributed by atoms with Crippen LogP contribution in [0.25, 0.3) is 17.0 Å². The summed E-state index contributed by atoms with van der Waals surface area (Å²) < 4.78 is 1.45. The fraction of sp³-hybridized carbons (Fsp3) is 0. The number of nitrogens with one attached hydrogen (secondary N) is 2. The zero-order valence-electron chi connectivity index (χ0n) is 14.8. The van der Waals surface area contributed by atoms with Gasteiger partial charge in [0.05, 0.1) is 17.1 Å². The highest BCUT2D eigenvalue weighted by atomic mass is 32.1. The summed E-state index contributed by atoms with van der Waals surface area (Å²) in [4.78, 5) is 37.3. The molecule has 0 aliphatic carbocycles. The lowest BCUT2D eigenvalue weighted by atomic mass is 10.1. The highest BCUT2D eigenvalue weighted by Crippen LogP contribution is 2.25. The van der Waals surface area contributed by atoms with Crippen molar-refractivity contribution in [3.8, 4) is 6.07 Å². The molecule has 1 aliphatic heterocycles. The van der Waals surface area contributed by atoms with Crippen LogP contribution in [0.15, 0.2) is 60.3 Å². The number of benzene rings is 2. The molecule has 2 heterocycles. The van der Waals surface area contributed by atoms with E-state index in [1.807, 2.05) is 6.07 Å². The van der Waals surface area contributed by atoms with Crippen molar-refractivity contribution < 1.29 is 14.4 Å². The van der Waals surface area contributed by atoms with Crippen LogP contribution in [0, 0.1) is 11.3 Å². The quantitative estimate of drug-likeness (QED) is 0.390. The second-order valence-corrected chi connectivity index (χ2v) is 6.67. The van der Waals surface area contributed by atoms with E-state index in [9.17, 15) is 14.4 Å². The third kappa shape index (κ3) is 3.31. The van der Waals surface area contributed by atoms with Crippen molar-refractivity contribution in [2.24, 2.45) is 0 Å². The Balaban J connectivity index is 1.82. The average Bonchev–Trinajstić information content (AvgIpc) is 3.09. The van der Waals surface area contributed by atoms with Gasteiger partial charge in [-0.3, -0.25) is 29.6 Å². The summed E-state index contributed by atoms with van der Waals surface area (Å²) in [5, 5.41) is 14.4. The number of fused-ring (bicyclic) bond motifs is 1. The molecule has 0 spiro atoms. The molecule has 29 heavy (non-hydrogen) atoms. The Morgan fingerprint density at radius 3 is 2.34 bits per heavy atom. The summed E-state index contributed by atoms with van der Waals surface area (Å²) in [6.45, 7) is 0. The molecule has 140 valence electrons. The number of nitrogens with zero attached hydrogens (tertiary/aromatic N) is 2. The van der Waals surface area contributed by atoms with E-state index < -0.39 is 11.8 Å². The normalized spacial score (nSPS) is 13.6. The Hall–Kier alpha value is -4.09. The van der Waals surface area contributed by atoms with E-state index in [-0.39, 0.29) is 16.6 Å². The molecule has 1 saturated heterocycles. The summed E-state index contributed by atoms with van der Waals surface area (Å²) in [5.74, 6) is -1.50. The maximum absolute atomic E-state index is 13.0. The van der Waals surface area contributed by atoms with E-state index in [2.05, 4.69) is 10.6 Å². The van der Waals surface area contributed by atoms with Gasteiger partial charge in [-0.05, 0) is 48.6 Å². The number of hydrogen-bond donors (Lipinski definition) is 2. The topological polar surface area (TPSA) is 104 Å². The maximum atomic E-state index is 13.0. The van der Waals surface area contributed by atoms with E-state index >= 15 is 0 Å². The minimum Gasteiger partial charge on any atom is -0.299 e. The number of carbonyl (C=O) groups excluding carboxylic acids is 3. The van der Waals surface area contributed by atoms with Gasteiger partial charge in [0.2, 0.25) is 0 Å². The van der Waals surface area contributed by atoms with E-state index in [0.29, 0.717) is 27.6 Å². The first kappa shape index (κ1) is 18.3. The van der Waals surface area contributed by atoms with Crippen molar-refractivity contribution in [1.29, 1.82) is 5.26 Å². The molecule has 2 amide bonds. The predicted molar refractivity (Wildman–Crippen MR) is 110 cm³/mol. The molecule has 1 aliphatic rings. The molecular formula is C21H12N4O3S. The second-order valence-electron chi connectivity index (χ2n) is 6.26. The number of amides is 2. The number of para-hydroxylation sites is 1. The van der Waals surface area contributed by atoms with Crippen LogP contribution >= 0.6 is 12.2 Å². The van der Waals surface area contributed by atoms with Crippen LogP contribution in [0.4, 0.5) is 0 Å². The first-order chi connectivity index (χ1) is 14.0. The largest absolute Gasteiger partial charge is 0.299 e. The second kappa shape index (κ2) is 7.14. The van der Waals surface area contributed by atoms with Crippen molar-refractivity contribution in [3.63, 3.8) is 0 Å². The first-order valence-electron chi connectivity index (χ1n) is 8.51. The molecule has 4 rings (SSSR count). The zero-order chi connectivity index (χ0) is 20.5. The van der Waals surface area contributed by atoms with Crippen LogP contribution in [0.5, 0.6) is 0 Å². The van der Waals surface area contributed by atoms with Gasteiger partial charge in [-0.2, -0.15) is 5.26 Å². The summed E-state index contributed by atoms with van der Waals surface area (Å²) >= 11 is 4.80. The van der Waals surface area contributed by atoms with Crippen LogP contribution in [0.3, 0.4) is 0 Å². The number of carbonyl (C=O) groups is 3. The van der Waals surface area contributed by atoms with Gasteiger partial charge in [0.15, 0.2) is 5.11 Å². The lowest BCUT2D eigenvalue weighted by molar-refractivity contribution is -0.123. The van der Waals surface area contributed by atoms with E-state index in [4.69, 9.17) is 17.5 Å². The minimum atomic E-state index is -0.603. The third-order valence-corrected chi connectivity index (χ3v) is 4.67. The Labute approximate surface area is 170 Å². The van der Waals surface area contributed by atoms with Crippen molar-refractivity contribution in [2.75, 3.05) is 0 Å². The molecule has 0 atom stereocenters. The number of nitriles is 1. The molecule has 2 aromatic carbocycles. The van der Waals surface area contributed by atoms with Gasteiger partial charge in [0, 0.05) is 22.7 Å². The molecular weight excluding hydrogens is 388 g/mol. The Kier molecular flexibility index (Phi) is 4.50. The molecule has 1 aromatic heterocycles. The molecule has 3 aromatic rings. The van der Waals surface area contributed by atoms with Gasteiger partial charge in [-0.15, -0.1) is 0 Å². The van der Waals surface area contributed by atoms with Crippen molar-refractivity contribution in [1.82, 2.24) is 15.2 Å². The predicted octanol–water partition coefficient (Wildman–Crippen LogP) is 2.12. The molecule has 0 unspecified atom stereocenters. The number of rotatable bonds is 2. The Bertz CT molecular complexity index is 1260. The molecule has 0 radical (unpaired) electrons. The van der Waals surface area contributed by atoms with Crippen LogP contribution in [0.1, 0.15) is 21.5 Å². The van der Waals surface area contributed by atoms with E-state index in [1.54, 1.807) is 54.7 Å². The fourth-order valence-electron chi connectivity index (χ4n) is 3.08. The smallest absolute Gasteiger partial charge is 0.263 e. The highest BCUT2D eigenvalue weighted by Gasteiger charge is 2.26. The van der Waals surface area contributed by atoms with Gasteiger partial charge in [0.25, 0.3) is 17.7 Å². The summed E-state index contributed by atoms with van der Waals surface area (Å²) in [6.07, 6.45) is 3.00. The third-order valence-electron chi connectivity index (χ3n) is 4.47. The SMILES string of the molecule is N#Cc1ccc(C(=O)n2cc(C=C3C(=O)NC(=S)NC3=O)c3ccccc32)cc1. The standard InChI is InChI=1S/C21H12N4O3S/c22-10-12-5-7-13(8-6-12)20(28)25-11-14(15-3-1-2-4-17(15)25)9-16-18(26)23-21(29)24-19(16)27/h1-9,11H,(H2,23,24,26,27,29). The van der Waals surface area contributed by atoms with Crippen LogP contribution in [0.2, 0.25) is 0 Å². The summed E-state index contributed by atoms with van der Waals surface area (Å²) in [5.41, 5.74) is 1.92. The molecule has 7 nitrogen and oxygen atoms in total. The van der Waals surface area contributed by atoms with E-state index in [0.717, 1.165) is 0 Å². The van der Waals surface area contributed by atoms with Crippen LogP contribution < -0.4 is 10.6 Å². The monoisotopic (exact) mass is 400 g/mol. The van der Waals surface area contributed by atoms with Crippen LogP contribution in [-0.2, 0) is 9.59 Å². The number of thiocarbonyl (C=S) groups is 1. The lowest BCUT2D eigenvalue weighted by Gasteiger charge is -2.16. The van der Waals surface area contributed by atoms with Gasteiger partial charge in [0.1, 0.15) is 5.57 Å². The maximum Gasteiger partial charge on any atom is 0.263 e. The highest BCUT2D eigenvalue weighted by molar-refractivity contribution is 7.80. The van der Waals surface area contributed by atoms with Crippen molar-refractivity contribution >= 4 is 52.0 Å². The molecule has 0 bridgehead atoms. The Morgan fingerprint density at radius 1 is 1.03 bits per heavy atom. The lowest BCUT2D eigenvalue weighted by Crippen LogP contribution is -2.51. The summed E-state index contributed by atoms with van der Waals surface area (Å²) in [7, 11) is 0. The van der Waals surface area contributed by atoms with E-state index in [1.165, 1.54) is 10.6 Å². The van der Waals surface area contributed by atoms with Gasteiger partial charge >= 0.3 is 0 Å². The molecule has 1 fully saturated rings. The zero-order valence-corrected chi connectivity index (χ0v) is 15.6. The minimum absolute atomic E-state index is 0.0458. The number of aromatic nitrogens is 1. The van der Waals surface area contributed by atoms with Crippen molar-refractivity contribution in [3.05, 3.63) is 77.0 Å². The first-order valence-corrected chi connectivity index (χ1v) is 8.92. The molecule has 2 N–H and O–H groups in total. The van der Waals surface area contributed by atoms with Gasteiger partial charge in [-0.25, -0.2) is 0 Å². The Morgan fingerprint density at radius 2 is 1.69 bits per heavy atom. The average molecular weight is 400 g/mol. The molecule has 0 saturated carbocycles. The van der Waals surface area contributed by atoms with Crippen LogP contribution in [-0.4, -0.2) is 27.4 Å². The molecule has 8 heteroatoms.